The fourth-order valence-corrected chi connectivity index (χ4v) is 1.69. The Morgan fingerprint density at radius 3 is 2.62 bits per heavy atom. The number of aryl methyl sites for hydroxylation is 1. The summed E-state index contributed by atoms with van der Waals surface area (Å²) in [6.45, 7) is 4.71. The van der Waals surface area contributed by atoms with Crippen LogP contribution in [0.15, 0.2) is 18.2 Å². The van der Waals surface area contributed by atoms with Gasteiger partial charge >= 0.3 is 12.0 Å². The largest absolute Gasteiger partial charge is 0.467 e. The van der Waals surface area contributed by atoms with Crippen molar-refractivity contribution in [1.29, 1.82) is 0 Å². The van der Waals surface area contributed by atoms with Crippen molar-refractivity contribution >= 4 is 17.5 Å². The summed E-state index contributed by atoms with van der Waals surface area (Å²) in [6.07, 6.45) is 0.959. The molecule has 0 fully saturated rings. The molecule has 0 aliphatic rings. The first-order valence-corrected chi connectivity index (χ1v) is 6.98. The first-order chi connectivity index (χ1) is 10.1. The van der Waals surface area contributed by atoms with E-state index in [2.05, 4.69) is 27.2 Å². The lowest BCUT2D eigenvalue weighted by Gasteiger charge is -2.09. The second kappa shape index (κ2) is 7.08. The minimum absolute atomic E-state index is 0.169. The predicted octanol–water partition coefficient (Wildman–Crippen LogP) is 3.46. The Labute approximate surface area is 128 Å². The molecular formula is C14H17ClN4O2. The molecule has 6 nitrogen and oxygen atoms in total. The zero-order chi connectivity index (χ0) is 15.2. The molecule has 0 bridgehead atoms. The molecule has 0 amide bonds. The van der Waals surface area contributed by atoms with Crippen LogP contribution in [-0.2, 0) is 0 Å². The van der Waals surface area contributed by atoms with Gasteiger partial charge in [-0.3, -0.25) is 0 Å². The number of ether oxygens (including phenoxy) is 2. The van der Waals surface area contributed by atoms with Crippen LogP contribution in [0.1, 0.15) is 18.9 Å². The number of aromatic nitrogens is 3. The van der Waals surface area contributed by atoms with Gasteiger partial charge in [-0.15, -0.1) is 4.98 Å². The van der Waals surface area contributed by atoms with Gasteiger partial charge in [-0.1, -0.05) is 18.5 Å². The predicted molar refractivity (Wildman–Crippen MR) is 81.4 cm³/mol. The number of methoxy groups -OCH3 is 1. The molecular weight excluding hydrogens is 292 g/mol. The lowest BCUT2D eigenvalue weighted by Crippen LogP contribution is -2.07. The van der Waals surface area contributed by atoms with Crippen molar-refractivity contribution in [3.63, 3.8) is 0 Å². The summed E-state index contributed by atoms with van der Waals surface area (Å²) in [7, 11) is 1.50. The van der Waals surface area contributed by atoms with Gasteiger partial charge in [0.1, 0.15) is 5.75 Å². The summed E-state index contributed by atoms with van der Waals surface area (Å²) in [6, 6.07) is 5.70. The Balaban J connectivity index is 2.23. The molecule has 1 aromatic carbocycles. The van der Waals surface area contributed by atoms with Crippen LogP contribution in [0, 0.1) is 6.92 Å². The van der Waals surface area contributed by atoms with Crippen molar-refractivity contribution in [3.8, 4) is 17.8 Å². The molecule has 0 aliphatic carbocycles. The van der Waals surface area contributed by atoms with Crippen LogP contribution >= 0.6 is 11.6 Å². The number of halogens is 1. The Kier molecular flexibility index (Phi) is 5.16. The zero-order valence-corrected chi connectivity index (χ0v) is 12.9. The number of benzene rings is 1. The first kappa shape index (κ1) is 15.3. The molecule has 0 saturated heterocycles. The van der Waals surface area contributed by atoms with Gasteiger partial charge in [0, 0.05) is 11.6 Å². The van der Waals surface area contributed by atoms with Crippen molar-refractivity contribution in [2.24, 2.45) is 0 Å². The van der Waals surface area contributed by atoms with E-state index >= 15 is 0 Å². The van der Waals surface area contributed by atoms with Crippen LogP contribution in [-0.4, -0.2) is 28.6 Å². The van der Waals surface area contributed by atoms with Crippen molar-refractivity contribution in [3.05, 3.63) is 28.8 Å². The molecule has 2 aromatic rings. The molecule has 7 heteroatoms. The molecule has 2 rings (SSSR count). The summed E-state index contributed by atoms with van der Waals surface area (Å²) < 4.78 is 10.7. The monoisotopic (exact) mass is 308 g/mol. The fourth-order valence-electron chi connectivity index (χ4n) is 1.58. The quantitative estimate of drug-likeness (QED) is 0.881. The number of rotatable bonds is 6. The van der Waals surface area contributed by atoms with E-state index in [1.165, 1.54) is 7.11 Å². The van der Waals surface area contributed by atoms with E-state index in [0.29, 0.717) is 16.7 Å². The second-order valence-corrected chi connectivity index (χ2v) is 4.78. The Morgan fingerprint density at radius 1 is 1.19 bits per heavy atom. The number of hydrogen-bond donors (Lipinski definition) is 1. The molecule has 1 aromatic heterocycles. The smallest absolute Gasteiger partial charge is 0.330 e. The van der Waals surface area contributed by atoms with Crippen LogP contribution < -0.4 is 14.8 Å². The standard InChI is InChI=1S/C14H17ClN4O2/c1-4-7-16-12-17-13(20-3)19-14(18-12)21-10-5-6-11(15)9(2)8-10/h5-6,8H,4,7H2,1-3H3,(H,16,17,18,19). The van der Waals surface area contributed by atoms with Crippen LogP contribution in [0.5, 0.6) is 17.8 Å². The summed E-state index contributed by atoms with van der Waals surface area (Å²) in [4.78, 5) is 12.4. The summed E-state index contributed by atoms with van der Waals surface area (Å²) in [5, 5.41) is 3.75. The molecule has 0 aliphatic heterocycles. The normalized spacial score (nSPS) is 10.3. The van der Waals surface area contributed by atoms with Gasteiger partial charge in [0.15, 0.2) is 0 Å². The first-order valence-electron chi connectivity index (χ1n) is 6.60. The van der Waals surface area contributed by atoms with Gasteiger partial charge in [-0.25, -0.2) is 0 Å². The molecule has 1 N–H and O–H groups in total. The number of anilines is 1. The Hall–Kier alpha value is -2.08. The molecule has 1 heterocycles. The van der Waals surface area contributed by atoms with Crippen LogP contribution in [0.4, 0.5) is 5.95 Å². The third-order valence-electron chi connectivity index (χ3n) is 2.65. The maximum atomic E-state index is 5.99. The molecule has 21 heavy (non-hydrogen) atoms. The van der Waals surface area contributed by atoms with Crippen LogP contribution in [0.3, 0.4) is 0 Å². The average Bonchev–Trinajstić information content (AvgIpc) is 2.48. The van der Waals surface area contributed by atoms with Gasteiger partial charge in [0.05, 0.1) is 7.11 Å². The summed E-state index contributed by atoms with van der Waals surface area (Å²) >= 11 is 5.99. The topological polar surface area (TPSA) is 69.2 Å². The average molecular weight is 309 g/mol. The van der Waals surface area contributed by atoms with Gasteiger partial charge in [-0.05, 0) is 37.1 Å². The molecule has 0 saturated carbocycles. The van der Waals surface area contributed by atoms with E-state index in [0.717, 1.165) is 18.5 Å². The highest BCUT2D eigenvalue weighted by molar-refractivity contribution is 6.31. The highest BCUT2D eigenvalue weighted by atomic mass is 35.5. The minimum atomic E-state index is 0.169. The van der Waals surface area contributed by atoms with Crippen LogP contribution in [0.25, 0.3) is 0 Å². The Bertz CT molecular complexity index is 622. The third kappa shape index (κ3) is 4.19. The van der Waals surface area contributed by atoms with Crippen molar-refractivity contribution < 1.29 is 9.47 Å². The highest BCUT2D eigenvalue weighted by Gasteiger charge is 2.09. The van der Waals surface area contributed by atoms with E-state index in [1.54, 1.807) is 12.1 Å². The van der Waals surface area contributed by atoms with Gasteiger partial charge in [0.25, 0.3) is 0 Å². The molecule has 0 unspecified atom stereocenters. The van der Waals surface area contributed by atoms with Crippen molar-refractivity contribution in [2.45, 2.75) is 20.3 Å². The third-order valence-corrected chi connectivity index (χ3v) is 3.07. The lowest BCUT2D eigenvalue weighted by molar-refractivity contribution is 0.360. The molecule has 0 radical (unpaired) electrons. The fraction of sp³-hybridized carbons (Fsp3) is 0.357. The van der Waals surface area contributed by atoms with E-state index in [9.17, 15) is 0 Å². The van der Waals surface area contributed by atoms with Crippen LogP contribution in [0.2, 0.25) is 5.02 Å². The van der Waals surface area contributed by atoms with Crippen molar-refractivity contribution in [2.75, 3.05) is 19.0 Å². The minimum Gasteiger partial charge on any atom is -0.467 e. The number of nitrogens with one attached hydrogen (secondary N) is 1. The highest BCUT2D eigenvalue weighted by Crippen LogP contribution is 2.25. The van der Waals surface area contributed by atoms with E-state index in [-0.39, 0.29) is 12.0 Å². The SMILES string of the molecule is CCCNc1nc(OC)nc(Oc2ccc(Cl)c(C)c2)n1. The maximum Gasteiger partial charge on any atom is 0.330 e. The van der Waals surface area contributed by atoms with Gasteiger partial charge in [-0.2, -0.15) is 9.97 Å². The van der Waals surface area contributed by atoms with Crippen molar-refractivity contribution in [1.82, 2.24) is 15.0 Å². The molecule has 112 valence electrons. The summed E-state index contributed by atoms with van der Waals surface area (Å²) in [5.74, 6) is 1.02. The van der Waals surface area contributed by atoms with Gasteiger partial charge in [0.2, 0.25) is 5.95 Å². The number of hydrogen-bond acceptors (Lipinski definition) is 6. The van der Waals surface area contributed by atoms with E-state index < -0.39 is 0 Å². The summed E-state index contributed by atoms with van der Waals surface area (Å²) in [5.41, 5.74) is 0.916. The molecule has 0 spiro atoms. The van der Waals surface area contributed by atoms with E-state index in [1.807, 2.05) is 13.0 Å². The second-order valence-electron chi connectivity index (χ2n) is 4.37. The maximum absolute atomic E-state index is 5.99. The lowest BCUT2D eigenvalue weighted by atomic mass is 10.2. The number of nitrogens with zero attached hydrogens (tertiary/aromatic N) is 3. The van der Waals surface area contributed by atoms with E-state index in [4.69, 9.17) is 21.1 Å². The zero-order valence-electron chi connectivity index (χ0n) is 12.2. The molecule has 0 atom stereocenters. The van der Waals surface area contributed by atoms with Gasteiger partial charge < -0.3 is 14.8 Å². The Morgan fingerprint density at radius 2 is 1.95 bits per heavy atom.